The normalized spacial score (nSPS) is 10.9. The van der Waals surface area contributed by atoms with Gasteiger partial charge >= 0.3 is 0 Å². The molecule has 1 N–H and O–H groups in total. The molecule has 0 radical (unpaired) electrons. The molecule has 1 amide bonds. The molecule has 0 aliphatic carbocycles. The lowest BCUT2D eigenvalue weighted by Gasteiger charge is -2.06. The summed E-state index contributed by atoms with van der Waals surface area (Å²) >= 11 is 6.95. The molecule has 4 rings (SSSR count). The van der Waals surface area contributed by atoms with Crippen LogP contribution in [0.1, 0.15) is 27.2 Å². The van der Waals surface area contributed by atoms with Crippen molar-refractivity contribution in [2.75, 3.05) is 5.32 Å². The van der Waals surface area contributed by atoms with Crippen LogP contribution in [0.15, 0.2) is 42.5 Å². The molecule has 0 aliphatic rings. The van der Waals surface area contributed by atoms with E-state index in [0.29, 0.717) is 27.2 Å². The van der Waals surface area contributed by atoms with Gasteiger partial charge in [-0.15, -0.1) is 5.10 Å². The van der Waals surface area contributed by atoms with Gasteiger partial charge in [0.25, 0.3) is 5.91 Å². The summed E-state index contributed by atoms with van der Waals surface area (Å²) in [5.41, 5.74) is 5.12. The smallest absolute Gasteiger partial charge is 0.257 e. The highest BCUT2D eigenvalue weighted by Gasteiger charge is 2.18. The number of amides is 1. The molecule has 0 atom stereocenters. The molecule has 0 saturated heterocycles. The van der Waals surface area contributed by atoms with Crippen molar-refractivity contribution in [1.29, 1.82) is 0 Å². The van der Waals surface area contributed by atoms with Crippen LogP contribution in [0.4, 0.5) is 5.13 Å². The van der Waals surface area contributed by atoms with E-state index in [2.05, 4.69) is 31.1 Å². The molecule has 2 aromatic carbocycles. The van der Waals surface area contributed by atoms with Gasteiger partial charge in [0.1, 0.15) is 0 Å². The lowest BCUT2D eigenvalue weighted by Crippen LogP contribution is -2.11. The predicted octanol–water partition coefficient (Wildman–Crippen LogP) is 4.62. The average Bonchev–Trinajstić information content (AvgIpc) is 3.27. The van der Waals surface area contributed by atoms with Crippen LogP contribution in [0.5, 0.6) is 0 Å². The SMILES string of the molecule is Cc1cc(C)cc(-n2nnc(-c3nsc(NC(=O)c4ccc(Cl)cc4)n3)c2C)c1. The highest BCUT2D eigenvalue weighted by atomic mass is 35.5. The lowest BCUT2D eigenvalue weighted by atomic mass is 10.1. The Morgan fingerprint density at radius 3 is 2.45 bits per heavy atom. The summed E-state index contributed by atoms with van der Waals surface area (Å²) in [5.74, 6) is 0.148. The van der Waals surface area contributed by atoms with Gasteiger partial charge < -0.3 is 0 Å². The number of carbonyl (C=O) groups excluding carboxylic acids is 1. The first-order valence-corrected chi connectivity index (χ1v) is 9.98. The summed E-state index contributed by atoms with van der Waals surface area (Å²) < 4.78 is 6.10. The minimum Gasteiger partial charge on any atom is -0.297 e. The molecular weight excluding hydrogens is 408 g/mol. The molecule has 0 spiro atoms. The topological polar surface area (TPSA) is 85.6 Å². The molecule has 0 aliphatic heterocycles. The largest absolute Gasteiger partial charge is 0.297 e. The molecule has 29 heavy (non-hydrogen) atoms. The number of nitrogens with one attached hydrogen (secondary N) is 1. The Balaban J connectivity index is 1.58. The fraction of sp³-hybridized carbons (Fsp3) is 0.150. The van der Waals surface area contributed by atoms with E-state index in [-0.39, 0.29) is 5.91 Å². The van der Waals surface area contributed by atoms with Crippen LogP contribution in [0, 0.1) is 20.8 Å². The van der Waals surface area contributed by atoms with E-state index in [1.807, 2.05) is 32.9 Å². The van der Waals surface area contributed by atoms with Crippen LogP contribution < -0.4 is 5.32 Å². The molecule has 4 aromatic rings. The number of rotatable bonds is 4. The van der Waals surface area contributed by atoms with Gasteiger partial charge in [-0.25, -0.2) is 4.68 Å². The summed E-state index contributed by atoms with van der Waals surface area (Å²) in [6.45, 7) is 6.00. The van der Waals surface area contributed by atoms with E-state index in [1.54, 1.807) is 28.9 Å². The maximum Gasteiger partial charge on any atom is 0.257 e. The van der Waals surface area contributed by atoms with Crippen LogP contribution in [-0.4, -0.2) is 30.3 Å². The van der Waals surface area contributed by atoms with Gasteiger partial charge in [-0.05, 0) is 68.3 Å². The van der Waals surface area contributed by atoms with E-state index in [4.69, 9.17) is 11.6 Å². The number of halogens is 1. The van der Waals surface area contributed by atoms with Crippen molar-refractivity contribution < 1.29 is 4.79 Å². The first kappa shape index (κ1) is 19.2. The second-order valence-electron chi connectivity index (χ2n) is 6.67. The zero-order valence-corrected chi connectivity index (χ0v) is 17.5. The fourth-order valence-corrected chi connectivity index (χ4v) is 3.69. The van der Waals surface area contributed by atoms with E-state index in [1.165, 1.54) is 0 Å². The van der Waals surface area contributed by atoms with Gasteiger partial charge in [-0.1, -0.05) is 22.9 Å². The van der Waals surface area contributed by atoms with Crippen LogP contribution in [0.2, 0.25) is 5.02 Å². The Morgan fingerprint density at radius 1 is 1.07 bits per heavy atom. The Bertz CT molecular complexity index is 1180. The molecule has 146 valence electrons. The monoisotopic (exact) mass is 424 g/mol. The third-order valence-electron chi connectivity index (χ3n) is 4.31. The maximum absolute atomic E-state index is 12.3. The van der Waals surface area contributed by atoms with Gasteiger partial charge in [0.05, 0.1) is 11.4 Å². The van der Waals surface area contributed by atoms with Crippen molar-refractivity contribution >= 4 is 34.2 Å². The van der Waals surface area contributed by atoms with Crippen molar-refractivity contribution in [2.24, 2.45) is 0 Å². The third kappa shape index (κ3) is 4.03. The zero-order chi connectivity index (χ0) is 20.5. The molecule has 0 saturated carbocycles. The van der Waals surface area contributed by atoms with Crippen molar-refractivity contribution in [3.8, 4) is 17.2 Å². The summed E-state index contributed by atoms with van der Waals surface area (Å²) in [6.07, 6.45) is 0. The van der Waals surface area contributed by atoms with Crippen LogP contribution >= 0.6 is 23.1 Å². The Morgan fingerprint density at radius 2 is 1.76 bits per heavy atom. The number of nitrogens with zero attached hydrogens (tertiary/aromatic N) is 5. The third-order valence-corrected chi connectivity index (χ3v) is 5.19. The van der Waals surface area contributed by atoms with Gasteiger partial charge in [0.15, 0.2) is 11.5 Å². The quantitative estimate of drug-likeness (QED) is 0.516. The zero-order valence-electron chi connectivity index (χ0n) is 16.0. The van der Waals surface area contributed by atoms with Crippen molar-refractivity contribution in [3.63, 3.8) is 0 Å². The second-order valence-corrected chi connectivity index (χ2v) is 7.85. The number of aryl methyl sites for hydroxylation is 2. The highest BCUT2D eigenvalue weighted by Crippen LogP contribution is 2.25. The van der Waals surface area contributed by atoms with Crippen LogP contribution in [0.3, 0.4) is 0 Å². The lowest BCUT2D eigenvalue weighted by molar-refractivity contribution is 0.102. The predicted molar refractivity (Wildman–Crippen MR) is 114 cm³/mol. The number of hydrogen-bond donors (Lipinski definition) is 1. The van der Waals surface area contributed by atoms with Crippen LogP contribution in [0.25, 0.3) is 17.2 Å². The fourth-order valence-electron chi connectivity index (χ4n) is 2.99. The summed E-state index contributed by atoms with van der Waals surface area (Å²) in [6, 6.07) is 12.8. The number of anilines is 1. The van der Waals surface area contributed by atoms with Gasteiger partial charge in [-0.2, -0.15) is 9.36 Å². The first-order valence-electron chi connectivity index (χ1n) is 8.82. The van der Waals surface area contributed by atoms with Gasteiger partial charge in [0.2, 0.25) is 5.13 Å². The minimum atomic E-state index is -0.278. The highest BCUT2D eigenvalue weighted by molar-refractivity contribution is 7.10. The van der Waals surface area contributed by atoms with E-state index < -0.39 is 0 Å². The van der Waals surface area contributed by atoms with Gasteiger partial charge in [0, 0.05) is 22.1 Å². The molecule has 0 bridgehead atoms. The maximum atomic E-state index is 12.3. The van der Waals surface area contributed by atoms with E-state index in [9.17, 15) is 4.79 Å². The van der Waals surface area contributed by atoms with E-state index in [0.717, 1.165) is 34.0 Å². The molecule has 9 heteroatoms. The summed E-state index contributed by atoms with van der Waals surface area (Å²) in [5, 5.41) is 12.2. The molecule has 0 fully saturated rings. The number of benzene rings is 2. The Labute approximate surface area is 176 Å². The number of aromatic nitrogens is 5. The second kappa shape index (κ2) is 7.73. The summed E-state index contributed by atoms with van der Waals surface area (Å²) in [7, 11) is 0. The van der Waals surface area contributed by atoms with Crippen molar-refractivity contribution in [3.05, 3.63) is 69.9 Å². The number of carbonyl (C=O) groups is 1. The molecule has 2 aromatic heterocycles. The Kier molecular flexibility index (Phi) is 5.12. The standard InChI is InChI=1S/C20H17ClN6OS/c1-11-8-12(2)10-16(9-11)27-13(3)17(24-26-27)18-22-20(29-25-18)23-19(28)14-4-6-15(21)7-5-14/h4-10H,1-3H3,(H,22,23,25,28). The molecule has 2 heterocycles. The van der Waals surface area contributed by atoms with E-state index >= 15 is 0 Å². The molecular formula is C20H17ClN6OS. The van der Waals surface area contributed by atoms with Gasteiger partial charge in [-0.3, -0.25) is 10.1 Å². The summed E-state index contributed by atoms with van der Waals surface area (Å²) in [4.78, 5) is 16.7. The minimum absolute atomic E-state index is 0.278. The van der Waals surface area contributed by atoms with Crippen molar-refractivity contribution in [2.45, 2.75) is 20.8 Å². The molecule has 0 unspecified atom stereocenters. The molecule has 7 nitrogen and oxygen atoms in total. The first-order chi connectivity index (χ1) is 13.9. The Hall–Kier alpha value is -3.10. The van der Waals surface area contributed by atoms with Crippen LogP contribution in [-0.2, 0) is 0 Å². The average molecular weight is 425 g/mol. The number of hydrogen-bond acceptors (Lipinski definition) is 6. The van der Waals surface area contributed by atoms with Crippen molar-refractivity contribution in [1.82, 2.24) is 24.4 Å².